The molecule has 0 bridgehead atoms. The van der Waals surface area contributed by atoms with E-state index < -0.39 is 11.0 Å². The van der Waals surface area contributed by atoms with Crippen molar-refractivity contribution in [3.05, 3.63) is 69.8 Å². The highest BCUT2D eigenvalue weighted by atomic mass is 16.6. The highest BCUT2D eigenvalue weighted by Gasteiger charge is 2.29. The average Bonchev–Trinajstić information content (AvgIpc) is 2.63. The van der Waals surface area contributed by atoms with Gasteiger partial charge >= 0.3 is 0 Å². The number of non-ortho nitro benzene ring substituents is 1. The summed E-state index contributed by atoms with van der Waals surface area (Å²) < 4.78 is 5.39. The predicted octanol–water partition coefficient (Wildman–Crippen LogP) is 2.92. The van der Waals surface area contributed by atoms with Crippen LogP contribution >= 0.6 is 0 Å². The van der Waals surface area contributed by atoms with E-state index >= 15 is 0 Å². The highest BCUT2D eigenvalue weighted by molar-refractivity contribution is 5.95. The number of carbonyl (C=O) groups is 1. The topological polar surface area (TPSA) is 84.7 Å². The molecule has 1 unspecified atom stereocenters. The number of morpholine rings is 1. The molecule has 7 nitrogen and oxygen atoms in total. The summed E-state index contributed by atoms with van der Waals surface area (Å²) in [6.07, 6.45) is 0. The van der Waals surface area contributed by atoms with E-state index in [2.05, 4.69) is 5.32 Å². The highest BCUT2D eigenvalue weighted by Crippen LogP contribution is 2.26. The summed E-state index contributed by atoms with van der Waals surface area (Å²) in [6.45, 7) is 4.33. The summed E-state index contributed by atoms with van der Waals surface area (Å²) in [6, 6.07) is 13.2. The van der Waals surface area contributed by atoms with Crippen LogP contribution in [0.15, 0.2) is 48.5 Å². The Bertz CT molecular complexity index is 786. The van der Waals surface area contributed by atoms with Crippen LogP contribution in [0.3, 0.4) is 0 Å². The van der Waals surface area contributed by atoms with Crippen LogP contribution in [0.1, 0.15) is 17.2 Å². The number of rotatable bonds is 5. The maximum Gasteiger partial charge on any atom is 0.269 e. The Kier molecular flexibility index (Phi) is 5.60. The van der Waals surface area contributed by atoms with Crippen LogP contribution in [0.4, 0.5) is 11.4 Å². The van der Waals surface area contributed by atoms with Crippen molar-refractivity contribution in [2.75, 3.05) is 31.6 Å². The molecule has 1 saturated heterocycles. The number of nitro groups is 1. The molecule has 1 aliphatic rings. The second kappa shape index (κ2) is 8.07. The van der Waals surface area contributed by atoms with Crippen LogP contribution in [0.2, 0.25) is 0 Å². The van der Waals surface area contributed by atoms with E-state index in [0.29, 0.717) is 26.3 Å². The SMILES string of the molecule is Cc1cccc(NC(=O)C(c2ccc([N+](=O)[O-])cc2)N2CCOCC2)c1. The van der Waals surface area contributed by atoms with E-state index in [9.17, 15) is 14.9 Å². The quantitative estimate of drug-likeness (QED) is 0.658. The van der Waals surface area contributed by atoms with Crippen LogP contribution in [0.5, 0.6) is 0 Å². The van der Waals surface area contributed by atoms with Gasteiger partial charge in [-0.05, 0) is 30.2 Å². The van der Waals surface area contributed by atoms with Crippen LogP contribution in [-0.4, -0.2) is 42.0 Å². The molecule has 7 heteroatoms. The molecular formula is C19H21N3O4. The molecule has 3 rings (SSSR count). The molecule has 1 heterocycles. The summed E-state index contributed by atoms with van der Waals surface area (Å²) in [4.78, 5) is 25.5. The first kappa shape index (κ1) is 18.0. The second-order valence-electron chi connectivity index (χ2n) is 6.26. The predicted molar refractivity (Wildman–Crippen MR) is 98.0 cm³/mol. The number of anilines is 1. The van der Waals surface area contributed by atoms with E-state index in [1.165, 1.54) is 12.1 Å². The molecule has 2 aromatic rings. The minimum atomic E-state index is -0.528. The Labute approximate surface area is 151 Å². The molecule has 0 aliphatic carbocycles. The molecule has 1 aliphatic heterocycles. The first-order chi connectivity index (χ1) is 12.5. The zero-order chi connectivity index (χ0) is 18.5. The average molecular weight is 355 g/mol. The third-order valence-corrected chi connectivity index (χ3v) is 4.36. The molecule has 136 valence electrons. The lowest BCUT2D eigenvalue weighted by Crippen LogP contribution is -2.43. The van der Waals surface area contributed by atoms with Gasteiger partial charge < -0.3 is 10.1 Å². The minimum absolute atomic E-state index is 0.00794. The first-order valence-corrected chi connectivity index (χ1v) is 8.48. The Morgan fingerprint density at radius 1 is 1.19 bits per heavy atom. The number of aryl methyl sites for hydroxylation is 1. The third kappa shape index (κ3) is 4.25. The molecule has 1 atom stereocenters. The summed E-state index contributed by atoms with van der Waals surface area (Å²) >= 11 is 0. The standard InChI is InChI=1S/C19H21N3O4/c1-14-3-2-4-16(13-14)20-19(23)18(21-9-11-26-12-10-21)15-5-7-17(8-6-15)22(24)25/h2-8,13,18H,9-12H2,1H3,(H,20,23). The lowest BCUT2D eigenvalue weighted by molar-refractivity contribution is -0.384. The Balaban J connectivity index is 1.87. The Morgan fingerprint density at radius 2 is 1.88 bits per heavy atom. The number of nitrogens with one attached hydrogen (secondary N) is 1. The number of ether oxygens (including phenoxy) is 1. The second-order valence-corrected chi connectivity index (χ2v) is 6.26. The van der Waals surface area contributed by atoms with Gasteiger partial charge in [0.05, 0.1) is 18.1 Å². The monoisotopic (exact) mass is 355 g/mol. The van der Waals surface area contributed by atoms with Crippen molar-refractivity contribution in [2.45, 2.75) is 13.0 Å². The van der Waals surface area contributed by atoms with E-state index in [0.717, 1.165) is 16.8 Å². The fourth-order valence-corrected chi connectivity index (χ4v) is 3.08. The largest absolute Gasteiger partial charge is 0.379 e. The van der Waals surface area contributed by atoms with Crippen molar-refractivity contribution in [1.29, 1.82) is 0 Å². The van der Waals surface area contributed by atoms with Crippen molar-refractivity contribution in [3.63, 3.8) is 0 Å². The van der Waals surface area contributed by atoms with E-state index in [1.807, 2.05) is 36.1 Å². The Morgan fingerprint density at radius 3 is 2.50 bits per heavy atom. The minimum Gasteiger partial charge on any atom is -0.379 e. The lowest BCUT2D eigenvalue weighted by atomic mass is 10.0. The fraction of sp³-hybridized carbons (Fsp3) is 0.316. The lowest BCUT2D eigenvalue weighted by Gasteiger charge is -2.33. The van der Waals surface area contributed by atoms with Gasteiger partial charge in [-0.3, -0.25) is 19.8 Å². The summed E-state index contributed by atoms with van der Waals surface area (Å²) in [7, 11) is 0. The normalized spacial score (nSPS) is 16.0. The fourth-order valence-electron chi connectivity index (χ4n) is 3.08. The van der Waals surface area contributed by atoms with E-state index in [1.54, 1.807) is 12.1 Å². The summed E-state index contributed by atoms with van der Waals surface area (Å²) in [5, 5.41) is 13.9. The van der Waals surface area contributed by atoms with Gasteiger partial charge in [0.25, 0.3) is 5.69 Å². The maximum absolute atomic E-state index is 13.0. The summed E-state index contributed by atoms with van der Waals surface area (Å²) in [5.41, 5.74) is 2.52. The maximum atomic E-state index is 13.0. The number of amides is 1. The number of hydrogen-bond donors (Lipinski definition) is 1. The van der Waals surface area contributed by atoms with Gasteiger partial charge in [0.2, 0.25) is 5.91 Å². The van der Waals surface area contributed by atoms with Gasteiger partial charge in [-0.15, -0.1) is 0 Å². The zero-order valence-corrected chi connectivity index (χ0v) is 14.6. The zero-order valence-electron chi connectivity index (χ0n) is 14.6. The molecular weight excluding hydrogens is 334 g/mol. The summed E-state index contributed by atoms with van der Waals surface area (Å²) in [5.74, 6) is -0.161. The van der Waals surface area contributed by atoms with Crippen molar-refractivity contribution >= 4 is 17.3 Å². The van der Waals surface area contributed by atoms with E-state index in [-0.39, 0.29) is 11.6 Å². The number of benzene rings is 2. The Hall–Kier alpha value is -2.77. The van der Waals surface area contributed by atoms with Crippen LogP contribution in [0, 0.1) is 17.0 Å². The van der Waals surface area contributed by atoms with Crippen LogP contribution in [-0.2, 0) is 9.53 Å². The smallest absolute Gasteiger partial charge is 0.269 e. The van der Waals surface area contributed by atoms with Gasteiger partial charge in [0.1, 0.15) is 6.04 Å². The van der Waals surface area contributed by atoms with Gasteiger partial charge in [-0.1, -0.05) is 24.3 Å². The molecule has 0 aromatic heterocycles. The first-order valence-electron chi connectivity index (χ1n) is 8.48. The molecule has 26 heavy (non-hydrogen) atoms. The van der Waals surface area contributed by atoms with E-state index in [4.69, 9.17) is 4.74 Å². The van der Waals surface area contributed by atoms with Gasteiger partial charge in [0, 0.05) is 30.9 Å². The van der Waals surface area contributed by atoms with Crippen molar-refractivity contribution in [3.8, 4) is 0 Å². The molecule has 1 N–H and O–H groups in total. The molecule has 0 saturated carbocycles. The molecule has 1 fully saturated rings. The molecule has 0 radical (unpaired) electrons. The van der Waals surface area contributed by atoms with Crippen LogP contribution < -0.4 is 5.32 Å². The van der Waals surface area contributed by atoms with Crippen molar-refractivity contribution < 1.29 is 14.5 Å². The van der Waals surface area contributed by atoms with Gasteiger partial charge in [0.15, 0.2) is 0 Å². The number of carbonyl (C=O) groups excluding carboxylic acids is 1. The third-order valence-electron chi connectivity index (χ3n) is 4.36. The molecule has 2 aromatic carbocycles. The molecule has 0 spiro atoms. The van der Waals surface area contributed by atoms with Gasteiger partial charge in [-0.25, -0.2) is 0 Å². The number of nitro benzene ring substituents is 1. The number of hydrogen-bond acceptors (Lipinski definition) is 5. The van der Waals surface area contributed by atoms with Gasteiger partial charge in [-0.2, -0.15) is 0 Å². The molecule has 1 amide bonds. The number of nitrogens with zero attached hydrogens (tertiary/aromatic N) is 2. The van der Waals surface area contributed by atoms with Crippen molar-refractivity contribution in [2.24, 2.45) is 0 Å². The van der Waals surface area contributed by atoms with Crippen molar-refractivity contribution in [1.82, 2.24) is 4.90 Å². The van der Waals surface area contributed by atoms with Crippen LogP contribution in [0.25, 0.3) is 0 Å².